The molecular weight excluding hydrogens is 309 g/mol. The molecule has 0 spiro atoms. The van der Waals surface area contributed by atoms with E-state index >= 15 is 0 Å². The minimum absolute atomic E-state index is 0.237. The number of ether oxygens (including phenoxy) is 1. The quantitative estimate of drug-likeness (QED) is 0.717. The van der Waals surface area contributed by atoms with Gasteiger partial charge in [0.05, 0.1) is 18.6 Å². The van der Waals surface area contributed by atoms with Crippen LogP contribution in [-0.2, 0) is 11.0 Å². The van der Waals surface area contributed by atoms with Crippen LogP contribution in [0.3, 0.4) is 0 Å². The van der Waals surface area contributed by atoms with Crippen LogP contribution in [0.25, 0.3) is 5.57 Å². The summed E-state index contributed by atoms with van der Waals surface area (Å²) in [4.78, 5) is 10.8. The fraction of sp³-hybridized carbons (Fsp3) is 0.471. The number of benzene rings is 1. The van der Waals surface area contributed by atoms with Crippen LogP contribution in [-0.4, -0.2) is 17.7 Å². The minimum Gasteiger partial charge on any atom is -0.493 e. The van der Waals surface area contributed by atoms with E-state index in [0.717, 1.165) is 18.6 Å². The number of aliphatic carboxylic acids is 1. The highest BCUT2D eigenvalue weighted by molar-refractivity contribution is 5.76. The van der Waals surface area contributed by atoms with Crippen molar-refractivity contribution in [2.45, 2.75) is 45.7 Å². The van der Waals surface area contributed by atoms with Crippen molar-refractivity contribution in [1.82, 2.24) is 0 Å². The number of rotatable bonds is 8. The van der Waals surface area contributed by atoms with Crippen molar-refractivity contribution in [3.8, 4) is 5.75 Å². The first-order valence-corrected chi connectivity index (χ1v) is 7.54. The third-order valence-corrected chi connectivity index (χ3v) is 3.16. The van der Waals surface area contributed by atoms with Gasteiger partial charge >= 0.3 is 12.1 Å². The molecule has 0 aliphatic heterocycles. The molecule has 0 saturated heterocycles. The maximum Gasteiger partial charge on any atom is 0.416 e. The molecule has 0 radical (unpaired) electrons. The predicted octanol–water partition coefficient (Wildman–Crippen LogP) is 5.15. The Morgan fingerprint density at radius 1 is 1.26 bits per heavy atom. The molecule has 0 unspecified atom stereocenters. The Morgan fingerprint density at radius 3 is 2.48 bits per heavy atom. The molecule has 1 aromatic rings. The van der Waals surface area contributed by atoms with Crippen molar-refractivity contribution in [2.24, 2.45) is 0 Å². The molecule has 0 heterocycles. The van der Waals surface area contributed by atoms with Gasteiger partial charge in [-0.3, -0.25) is 4.79 Å². The third-order valence-electron chi connectivity index (χ3n) is 3.16. The molecule has 3 nitrogen and oxygen atoms in total. The van der Waals surface area contributed by atoms with Gasteiger partial charge in [0.2, 0.25) is 0 Å². The second-order valence-electron chi connectivity index (χ2n) is 5.13. The van der Waals surface area contributed by atoms with E-state index in [4.69, 9.17) is 9.84 Å². The summed E-state index contributed by atoms with van der Waals surface area (Å²) in [5, 5.41) is 8.82. The van der Waals surface area contributed by atoms with E-state index in [2.05, 4.69) is 0 Å². The molecule has 0 aromatic heterocycles. The second kappa shape index (κ2) is 8.60. The average Bonchev–Trinajstić information content (AvgIpc) is 2.48. The van der Waals surface area contributed by atoms with Gasteiger partial charge in [0.1, 0.15) is 5.75 Å². The first-order valence-electron chi connectivity index (χ1n) is 7.54. The number of carbonyl (C=O) groups is 1. The van der Waals surface area contributed by atoms with Crippen LogP contribution in [0.15, 0.2) is 24.3 Å². The number of carboxylic acid groups (broad SMARTS) is 1. The molecule has 1 aromatic carbocycles. The molecule has 128 valence electrons. The topological polar surface area (TPSA) is 46.5 Å². The molecule has 0 bridgehead atoms. The van der Waals surface area contributed by atoms with Crippen LogP contribution < -0.4 is 4.74 Å². The normalized spacial score (nSPS) is 12.3. The summed E-state index contributed by atoms with van der Waals surface area (Å²) in [5.41, 5.74) is 0.108. The van der Waals surface area contributed by atoms with Crippen LogP contribution in [0.2, 0.25) is 0 Å². The van der Waals surface area contributed by atoms with Gasteiger partial charge in [-0.05, 0) is 36.6 Å². The summed E-state index contributed by atoms with van der Waals surface area (Å²) in [6, 6.07) is 3.32. The molecule has 0 aliphatic rings. The summed E-state index contributed by atoms with van der Waals surface area (Å²) in [6.45, 7) is 4.17. The molecule has 0 saturated carbocycles. The lowest BCUT2D eigenvalue weighted by Crippen LogP contribution is -2.07. The zero-order chi connectivity index (χ0) is 17.5. The molecular formula is C17H21F3O3. The highest BCUT2D eigenvalue weighted by atomic mass is 19.4. The molecule has 0 aliphatic carbocycles. The lowest BCUT2D eigenvalue weighted by Gasteiger charge is -2.16. The van der Waals surface area contributed by atoms with Crippen molar-refractivity contribution >= 4 is 11.5 Å². The SMILES string of the molecule is CCCOc1ccc(C(F)(F)F)cc1/C(=C/CC(=O)O)CCC. The van der Waals surface area contributed by atoms with Gasteiger partial charge in [0.15, 0.2) is 0 Å². The fourth-order valence-corrected chi connectivity index (χ4v) is 2.12. The summed E-state index contributed by atoms with van der Waals surface area (Å²) < 4.78 is 44.4. The fourth-order valence-electron chi connectivity index (χ4n) is 2.12. The molecule has 1 N–H and O–H groups in total. The standard InChI is InChI=1S/C17H21F3O3/c1-3-5-12(6-9-16(21)22)14-11-13(17(18,19)20)7-8-15(14)23-10-4-2/h6-8,11H,3-5,9-10H2,1-2H3,(H,21,22)/b12-6+. The molecule has 0 fully saturated rings. The molecule has 0 atom stereocenters. The monoisotopic (exact) mass is 330 g/mol. The van der Waals surface area contributed by atoms with Crippen molar-refractivity contribution in [3.05, 3.63) is 35.4 Å². The van der Waals surface area contributed by atoms with E-state index in [0.29, 0.717) is 36.3 Å². The van der Waals surface area contributed by atoms with E-state index in [-0.39, 0.29) is 6.42 Å². The van der Waals surface area contributed by atoms with Crippen LogP contribution >= 0.6 is 0 Å². The van der Waals surface area contributed by atoms with Gasteiger partial charge in [-0.2, -0.15) is 13.2 Å². The van der Waals surface area contributed by atoms with Crippen LogP contribution in [0, 0.1) is 0 Å². The van der Waals surface area contributed by atoms with Crippen molar-refractivity contribution in [1.29, 1.82) is 0 Å². The van der Waals surface area contributed by atoms with E-state index in [1.165, 1.54) is 12.1 Å². The van der Waals surface area contributed by atoms with Crippen LogP contribution in [0.4, 0.5) is 13.2 Å². The number of allylic oxidation sites excluding steroid dienone is 1. The van der Waals surface area contributed by atoms with E-state index < -0.39 is 17.7 Å². The largest absolute Gasteiger partial charge is 0.493 e. The molecule has 1 rings (SSSR count). The minimum atomic E-state index is -4.46. The highest BCUT2D eigenvalue weighted by Gasteiger charge is 2.31. The van der Waals surface area contributed by atoms with E-state index in [1.807, 2.05) is 13.8 Å². The molecule has 0 amide bonds. The van der Waals surface area contributed by atoms with Gasteiger partial charge in [-0.15, -0.1) is 0 Å². The van der Waals surface area contributed by atoms with Gasteiger partial charge in [0, 0.05) is 5.56 Å². The van der Waals surface area contributed by atoms with Gasteiger partial charge in [-0.25, -0.2) is 0 Å². The summed E-state index contributed by atoms with van der Waals surface area (Å²) in [7, 11) is 0. The first kappa shape index (κ1) is 19.1. The lowest BCUT2D eigenvalue weighted by molar-refractivity contribution is -0.138. The maximum absolute atomic E-state index is 13.0. The van der Waals surface area contributed by atoms with Crippen LogP contribution in [0.1, 0.15) is 50.7 Å². The zero-order valence-corrected chi connectivity index (χ0v) is 13.2. The van der Waals surface area contributed by atoms with Gasteiger partial charge in [0.25, 0.3) is 0 Å². The van der Waals surface area contributed by atoms with Crippen molar-refractivity contribution < 1.29 is 27.8 Å². The number of hydrogen-bond acceptors (Lipinski definition) is 2. The van der Waals surface area contributed by atoms with E-state index in [1.54, 1.807) is 0 Å². The summed E-state index contributed by atoms with van der Waals surface area (Å²) in [5.74, 6) is -0.674. The Labute approximate surface area is 133 Å². The number of alkyl halides is 3. The Hall–Kier alpha value is -1.98. The number of halogens is 3. The smallest absolute Gasteiger partial charge is 0.416 e. The predicted molar refractivity (Wildman–Crippen MR) is 82.4 cm³/mol. The Morgan fingerprint density at radius 2 is 1.96 bits per heavy atom. The Bertz CT molecular complexity index is 563. The maximum atomic E-state index is 13.0. The second-order valence-corrected chi connectivity index (χ2v) is 5.13. The van der Waals surface area contributed by atoms with Gasteiger partial charge in [-0.1, -0.05) is 26.3 Å². The van der Waals surface area contributed by atoms with Crippen LogP contribution in [0.5, 0.6) is 5.75 Å². The summed E-state index contributed by atoms with van der Waals surface area (Å²) in [6.07, 6.45) is -1.34. The zero-order valence-electron chi connectivity index (χ0n) is 13.2. The molecule has 6 heteroatoms. The number of carboxylic acids is 1. The highest BCUT2D eigenvalue weighted by Crippen LogP contribution is 2.36. The molecule has 23 heavy (non-hydrogen) atoms. The number of hydrogen-bond donors (Lipinski definition) is 1. The van der Waals surface area contributed by atoms with Gasteiger partial charge < -0.3 is 9.84 Å². The Balaban J connectivity index is 3.33. The third kappa shape index (κ3) is 5.96. The lowest BCUT2D eigenvalue weighted by atomic mass is 9.97. The van der Waals surface area contributed by atoms with Crippen molar-refractivity contribution in [3.63, 3.8) is 0 Å². The van der Waals surface area contributed by atoms with E-state index in [9.17, 15) is 18.0 Å². The average molecular weight is 330 g/mol. The van der Waals surface area contributed by atoms with Crippen molar-refractivity contribution in [2.75, 3.05) is 6.61 Å². The Kier molecular flexibility index (Phi) is 7.13. The first-order chi connectivity index (χ1) is 10.8. The summed E-state index contributed by atoms with van der Waals surface area (Å²) >= 11 is 0.